The van der Waals surface area contributed by atoms with Gasteiger partial charge in [-0.3, -0.25) is 0 Å². The SMILES string of the molecule is C=C1CC2C(CCc3ccc4c(sc5ccccc54)c3-c3cccc[n+]31)c1ccccc1-c1cccc[n+]12. The van der Waals surface area contributed by atoms with Crippen LogP contribution in [0.1, 0.15) is 35.9 Å². The van der Waals surface area contributed by atoms with Crippen LogP contribution in [-0.4, -0.2) is 0 Å². The molecule has 0 amide bonds. The third-order valence-corrected chi connectivity index (χ3v) is 9.81. The van der Waals surface area contributed by atoms with Crippen molar-refractivity contribution in [1.29, 1.82) is 0 Å². The van der Waals surface area contributed by atoms with Crippen LogP contribution >= 0.6 is 11.3 Å². The molecule has 0 saturated carbocycles. The van der Waals surface area contributed by atoms with Crippen molar-refractivity contribution in [3.05, 3.63) is 127 Å². The highest BCUT2D eigenvalue weighted by Gasteiger charge is 2.42. The van der Waals surface area contributed by atoms with Gasteiger partial charge in [0, 0.05) is 55.9 Å². The predicted octanol–water partition coefficient (Wildman–Crippen LogP) is 8.11. The van der Waals surface area contributed by atoms with Crippen LogP contribution in [0.4, 0.5) is 0 Å². The average Bonchev–Trinajstić information content (AvgIpc) is 3.35. The van der Waals surface area contributed by atoms with Crippen molar-refractivity contribution in [3.63, 3.8) is 0 Å². The van der Waals surface area contributed by atoms with E-state index in [1.54, 1.807) is 0 Å². The van der Waals surface area contributed by atoms with E-state index in [2.05, 4.69) is 119 Å². The van der Waals surface area contributed by atoms with E-state index in [1.807, 2.05) is 11.3 Å². The summed E-state index contributed by atoms with van der Waals surface area (Å²) in [6.45, 7) is 4.70. The van der Waals surface area contributed by atoms with Gasteiger partial charge in [0.15, 0.2) is 24.1 Å². The number of aromatic nitrogens is 2. The molecule has 2 unspecified atom stereocenters. The first-order valence-corrected chi connectivity index (χ1v) is 14.3. The fraction of sp³-hybridized carbons (Fsp3) is 0.143. The minimum atomic E-state index is 0.323. The number of thiophene rings is 1. The van der Waals surface area contributed by atoms with E-state index in [9.17, 15) is 0 Å². The van der Waals surface area contributed by atoms with E-state index in [-0.39, 0.29) is 0 Å². The first-order valence-electron chi connectivity index (χ1n) is 13.5. The molecule has 0 bridgehead atoms. The molecule has 0 N–H and O–H groups in total. The van der Waals surface area contributed by atoms with Crippen molar-refractivity contribution in [2.24, 2.45) is 0 Å². The number of aryl methyl sites for hydroxylation is 1. The first-order chi connectivity index (χ1) is 18.8. The summed E-state index contributed by atoms with van der Waals surface area (Å²) in [4.78, 5) is 0. The van der Waals surface area contributed by atoms with Gasteiger partial charge in [-0.25, -0.2) is 0 Å². The van der Waals surface area contributed by atoms with Gasteiger partial charge in [-0.15, -0.1) is 11.3 Å². The van der Waals surface area contributed by atoms with E-state index in [0.717, 1.165) is 25.0 Å². The van der Waals surface area contributed by atoms with E-state index >= 15 is 0 Å². The third-order valence-electron chi connectivity index (χ3n) is 8.61. The summed E-state index contributed by atoms with van der Waals surface area (Å²) < 4.78 is 7.61. The molecule has 2 aliphatic heterocycles. The molecule has 2 atom stereocenters. The number of rotatable bonds is 0. The van der Waals surface area contributed by atoms with Crippen LogP contribution in [0.15, 0.2) is 116 Å². The number of hydrogen-bond donors (Lipinski definition) is 0. The average molecular weight is 509 g/mol. The second kappa shape index (κ2) is 8.47. The van der Waals surface area contributed by atoms with Crippen LogP contribution in [-0.2, 0) is 6.42 Å². The Morgan fingerprint density at radius 2 is 1.53 bits per heavy atom. The van der Waals surface area contributed by atoms with Gasteiger partial charge in [-0.05, 0) is 54.8 Å². The number of pyridine rings is 2. The topological polar surface area (TPSA) is 7.76 Å². The zero-order chi connectivity index (χ0) is 25.2. The van der Waals surface area contributed by atoms with Crippen LogP contribution in [0.25, 0.3) is 48.4 Å². The molecule has 0 radical (unpaired) electrons. The fourth-order valence-electron chi connectivity index (χ4n) is 6.91. The zero-order valence-electron chi connectivity index (χ0n) is 21.2. The van der Waals surface area contributed by atoms with Gasteiger partial charge in [0.25, 0.3) is 0 Å². The van der Waals surface area contributed by atoms with Gasteiger partial charge in [0.1, 0.15) is 0 Å². The monoisotopic (exact) mass is 508 g/mol. The molecule has 2 nitrogen and oxygen atoms in total. The predicted molar refractivity (Wildman–Crippen MR) is 157 cm³/mol. The molecule has 3 aromatic heterocycles. The van der Waals surface area contributed by atoms with Crippen molar-refractivity contribution in [2.75, 3.05) is 0 Å². The molecule has 8 rings (SSSR count). The summed E-state index contributed by atoms with van der Waals surface area (Å²) in [5.74, 6) is 0.416. The van der Waals surface area contributed by atoms with Crippen molar-refractivity contribution in [2.45, 2.75) is 31.2 Å². The number of nitrogens with zero attached hydrogens (tertiary/aromatic N) is 2. The molecule has 38 heavy (non-hydrogen) atoms. The Balaban J connectivity index is 1.38. The Morgan fingerprint density at radius 1 is 0.737 bits per heavy atom. The molecule has 0 aliphatic carbocycles. The van der Waals surface area contributed by atoms with Crippen molar-refractivity contribution < 1.29 is 9.13 Å². The molecule has 2 aliphatic rings. The minimum Gasteiger partial charge on any atom is -0.194 e. The second-order valence-corrected chi connectivity index (χ2v) is 11.6. The largest absolute Gasteiger partial charge is 0.219 e. The highest BCUT2D eigenvalue weighted by molar-refractivity contribution is 7.26. The Morgan fingerprint density at radius 3 is 2.47 bits per heavy atom. The molecule has 0 fully saturated rings. The maximum atomic E-state index is 4.70. The molecular weight excluding hydrogens is 480 g/mol. The Labute approximate surface area is 226 Å². The van der Waals surface area contributed by atoms with Crippen molar-refractivity contribution in [1.82, 2.24) is 0 Å². The van der Waals surface area contributed by atoms with E-state index in [4.69, 9.17) is 6.58 Å². The van der Waals surface area contributed by atoms with Gasteiger partial charge in [0.2, 0.25) is 11.4 Å². The summed E-state index contributed by atoms with van der Waals surface area (Å²) >= 11 is 1.92. The smallest absolute Gasteiger partial charge is 0.194 e. The zero-order valence-corrected chi connectivity index (χ0v) is 22.0. The van der Waals surface area contributed by atoms with Gasteiger partial charge >= 0.3 is 0 Å². The Bertz CT molecular complexity index is 1900. The number of hydrogen-bond acceptors (Lipinski definition) is 1. The minimum absolute atomic E-state index is 0.323. The van der Waals surface area contributed by atoms with Gasteiger partial charge in [-0.1, -0.05) is 48.5 Å². The van der Waals surface area contributed by atoms with Gasteiger partial charge in [0.05, 0.1) is 12.0 Å². The molecule has 182 valence electrons. The standard InChI is InChI=1S/C35H28N2S/c1-23-22-32-27(25-10-2-3-11-26(25)30-13-6-9-21-37(30)32)18-16-24-17-19-29-28-12-4-5-15-33(28)38-35(29)34(24)31-14-7-8-20-36(23)31/h2-15,17,19-21,27,32H,1,16,18,22H2/q+2. The lowest BCUT2D eigenvalue weighted by Crippen LogP contribution is -2.49. The lowest BCUT2D eigenvalue weighted by atomic mass is 9.77. The Hall–Kier alpha value is -4.08. The number of fused-ring (bicyclic) bond motifs is 13. The van der Waals surface area contributed by atoms with Crippen molar-refractivity contribution >= 4 is 37.2 Å². The summed E-state index contributed by atoms with van der Waals surface area (Å²) in [5.41, 5.74) is 9.34. The lowest BCUT2D eigenvalue weighted by molar-refractivity contribution is -0.720. The molecule has 0 saturated heterocycles. The van der Waals surface area contributed by atoms with Gasteiger partial charge in [-0.2, -0.15) is 9.13 Å². The maximum absolute atomic E-state index is 4.70. The van der Waals surface area contributed by atoms with Crippen LogP contribution in [0.5, 0.6) is 0 Å². The molecule has 3 aromatic carbocycles. The highest BCUT2D eigenvalue weighted by Crippen LogP contribution is 2.46. The Kier molecular flexibility index (Phi) is 4.89. The molecular formula is C35H28N2S+2. The van der Waals surface area contributed by atoms with E-state index in [1.165, 1.54) is 53.8 Å². The van der Waals surface area contributed by atoms with Crippen LogP contribution in [0.2, 0.25) is 0 Å². The van der Waals surface area contributed by atoms with E-state index in [0.29, 0.717) is 12.0 Å². The second-order valence-electron chi connectivity index (χ2n) is 10.6. The normalized spacial score (nSPS) is 18.3. The van der Waals surface area contributed by atoms with E-state index < -0.39 is 0 Å². The fourth-order valence-corrected chi connectivity index (χ4v) is 8.19. The molecule has 3 heteroatoms. The lowest BCUT2D eigenvalue weighted by Gasteiger charge is -2.31. The highest BCUT2D eigenvalue weighted by atomic mass is 32.1. The number of benzene rings is 3. The summed E-state index contributed by atoms with van der Waals surface area (Å²) in [7, 11) is 0. The van der Waals surface area contributed by atoms with Crippen LogP contribution in [0.3, 0.4) is 0 Å². The van der Waals surface area contributed by atoms with Crippen LogP contribution < -0.4 is 9.13 Å². The molecule has 6 aromatic rings. The summed E-state index contributed by atoms with van der Waals surface area (Å²) in [5, 5.41) is 2.70. The first kappa shape index (κ1) is 22.0. The quantitative estimate of drug-likeness (QED) is 0.183. The molecule has 5 heterocycles. The number of allylic oxidation sites excluding steroid dienone is 1. The maximum Gasteiger partial charge on any atom is 0.219 e. The molecule has 0 spiro atoms. The van der Waals surface area contributed by atoms with Crippen LogP contribution in [0, 0.1) is 0 Å². The van der Waals surface area contributed by atoms with Gasteiger partial charge < -0.3 is 0 Å². The third kappa shape index (κ3) is 3.18. The summed E-state index contributed by atoms with van der Waals surface area (Å²) in [6.07, 6.45) is 7.52. The summed E-state index contributed by atoms with van der Waals surface area (Å²) in [6, 6.07) is 36.1. The van der Waals surface area contributed by atoms with Crippen molar-refractivity contribution in [3.8, 4) is 22.5 Å².